The van der Waals surface area contributed by atoms with Gasteiger partial charge in [0.2, 0.25) is 11.8 Å². The molecule has 7 nitrogen and oxygen atoms in total. The predicted molar refractivity (Wildman–Crippen MR) is 86.8 cm³/mol. The van der Waals surface area contributed by atoms with Crippen LogP contribution in [0.2, 0.25) is 0 Å². The minimum atomic E-state index is -0.602. The van der Waals surface area contributed by atoms with E-state index < -0.39 is 11.7 Å². The predicted octanol–water partition coefficient (Wildman–Crippen LogP) is 1.19. The van der Waals surface area contributed by atoms with Crippen molar-refractivity contribution in [3.63, 3.8) is 0 Å². The molecule has 1 aliphatic rings. The molecule has 7 heteroatoms. The summed E-state index contributed by atoms with van der Waals surface area (Å²) in [5.74, 6) is -0.304. The number of hydrogen-bond acceptors (Lipinski definition) is 4. The quantitative estimate of drug-likeness (QED) is 0.760. The molecule has 2 N–H and O–H groups in total. The Hall–Kier alpha value is -2.05. The average molecular weight is 325 g/mol. The van der Waals surface area contributed by atoms with Gasteiger partial charge in [0.1, 0.15) is 12.1 Å². The van der Waals surface area contributed by atoms with Gasteiger partial charge in [0.25, 0.3) is 0 Å². The molecular formula is C16H27N3O4. The molecule has 130 valence electrons. The van der Waals surface area contributed by atoms with Crippen molar-refractivity contribution in [2.75, 3.05) is 19.6 Å². The maximum Gasteiger partial charge on any atom is 0.408 e. The summed E-state index contributed by atoms with van der Waals surface area (Å²) >= 11 is 0. The highest BCUT2D eigenvalue weighted by molar-refractivity contribution is 5.92. The molecule has 0 unspecified atom stereocenters. The second-order valence-electron chi connectivity index (χ2n) is 6.76. The fourth-order valence-electron chi connectivity index (χ4n) is 2.16. The fraction of sp³-hybridized carbons (Fsp3) is 0.688. The lowest BCUT2D eigenvalue weighted by Crippen LogP contribution is -2.49. The molecule has 0 aromatic carbocycles. The van der Waals surface area contributed by atoms with E-state index in [1.807, 2.05) is 0 Å². The van der Waals surface area contributed by atoms with E-state index in [-0.39, 0.29) is 24.4 Å². The summed E-state index contributed by atoms with van der Waals surface area (Å²) in [6, 6.07) is 0.0575. The zero-order valence-corrected chi connectivity index (χ0v) is 14.4. The van der Waals surface area contributed by atoms with Gasteiger partial charge in [-0.2, -0.15) is 0 Å². The van der Waals surface area contributed by atoms with Gasteiger partial charge in [-0.15, -0.1) is 0 Å². The molecule has 3 amide bonds. The maximum atomic E-state index is 12.1. The van der Waals surface area contributed by atoms with Crippen LogP contribution in [-0.2, 0) is 14.3 Å². The Morgan fingerprint density at radius 2 is 1.78 bits per heavy atom. The minimum Gasteiger partial charge on any atom is -0.444 e. The molecule has 0 saturated carbocycles. The first-order chi connectivity index (χ1) is 10.6. The van der Waals surface area contributed by atoms with Crippen molar-refractivity contribution in [3.05, 3.63) is 12.2 Å². The number of carbonyl (C=O) groups excluding carboxylic acids is 3. The van der Waals surface area contributed by atoms with Crippen molar-refractivity contribution < 1.29 is 19.1 Å². The number of piperidine rings is 1. The lowest BCUT2D eigenvalue weighted by atomic mass is 10.0. The number of rotatable bonds is 4. The molecule has 0 bridgehead atoms. The number of hydrogen-bond donors (Lipinski definition) is 2. The smallest absolute Gasteiger partial charge is 0.408 e. The van der Waals surface area contributed by atoms with Crippen LogP contribution in [0.5, 0.6) is 0 Å². The van der Waals surface area contributed by atoms with Crippen molar-refractivity contribution >= 4 is 17.9 Å². The summed E-state index contributed by atoms with van der Waals surface area (Å²) in [6.07, 6.45) is 0.781. The molecule has 0 aromatic rings. The zero-order valence-electron chi connectivity index (χ0n) is 14.4. The molecule has 23 heavy (non-hydrogen) atoms. The van der Waals surface area contributed by atoms with Crippen LogP contribution in [0, 0.1) is 0 Å². The Morgan fingerprint density at radius 3 is 2.26 bits per heavy atom. The molecule has 1 heterocycles. The number of ether oxygens (including phenoxy) is 1. The summed E-state index contributed by atoms with van der Waals surface area (Å²) in [7, 11) is 0. The Balaban J connectivity index is 2.31. The van der Waals surface area contributed by atoms with Crippen LogP contribution >= 0.6 is 0 Å². The van der Waals surface area contributed by atoms with Gasteiger partial charge < -0.3 is 20.3 Å². The number of nitrogens with one attached hydrogen (secondary N) is 2. The molecule has 0 aliphatic carbocycles. The van der Waals surface area contributed by atoms with Crippen LogP contribution in [0.1, 0.15) is 40.5 Å². The summed E-state index contributed by atoms with van der Waals surface area (Å²) in [5, 5.41) is 5.35. The van der Waals surface area contributed by atoms with E-state index in [2.05, 4.69) is 17.2 Å². The average Bonchev–Trinajstić information content (AvgIpc) is 2.43. The summed E-state index contributed by atoms with van der Waals surface area (Å²) in [5.41, 5.74) is -0.113. The normalized spacial score (nSPS) is 15.7. The van der Waals surface area contributed by atoms with E-state index in [4.69, 9.17) is 4.74 Å². The summed E-state index contributed by atoms with van der Waals surface area (Å²) in [4.78, 5) is 36.8. The van der Waals surface area contributed by atoms with Crippen LogP contribution in [0.25, 0.3) is 0 Å². The van der Waals surface area contributed by atoms with Crippen molar-refractivity contribution in [1.82, 2.24) is 15.5 Å². The Bertz CT molecular complexity index is 474. The number of alkyl carbamates (subject to hydrolysis) is 1. The van der Waals surface area contributed by atoms with Gasteiger partial charge in [-0.25, -0.2) is 4.79 Å². The molecule has 0 aromatic heterocycles. The maximum absolute atomic E-state index is 12.1. The molecule has 0 spiro atoms. The summed E-state index contributed by atoms with van der Waals surface area (Å²) < 4.78 is 5.08. The topological polar surface area (TPSA) is 87.7 Å². The van der Waals surface area contributed by atoms with Crippen molar-refractivity contribution in [2.24, 2.45) is 0 Å². The van der Waals surface area contributed by atoms with Gasteiger partial charge in [0.05, 0.1) is 0 Å². The first-order valence-electron chi connectivity index (χ1n) is 7.79. The standard InChI is InChI=1S/C16H27N3O4/c1-11(2)14(21)18-12-6-8-19(9-7-12)13(20)10-17-15(22)23-16(3,4)5/h12H,1,6-10H2,2-5H3,(H,17,22)(H,18,21). The van der Waals surface area contributed by atoms with Gasteiger partial charge in [0.15, 0.2) is 0 Å². The molecule has 1 fully saturated rings. The van der Waals surface area contributed by atoms with E-state index in [1.165, 1.54) is 0 Å². The van der Waals surface area contributed by atoms with Crippen LogP contribution in [0.15, 0.2) is 12.2 Å². The van der Waals surface area contributed by atoms with Crippen LogP contribution in [-0.4, -0.2) is 54.1 Å². The van der Waals surface area contributed by atoms with Crippen LogP contribution < -0.4 is 10.6 Å². The molecule has 1 saturated heterocycles. The molecule has 0 radical (unpaired) electrons. The Morgan fingerprint density at radius 1 is 1.22 bits per heavy atom. The van der Waals surface area contributed by atoms with E-state index in [0.717, 1.165) is 0 Å². The van der Waals surface area contributed by atoms with Crippen LogP contribution in [0.3, 0.4) is 0 Å². The largest absolute Gasteiger partial charge is 0.444 e. The minimum absolute atomic E-state index is 0.0575. The van der Waals surface area contributed by atoms with Gasteiger partial charge >= 0.3 is 6.09 Å². The van der Waals surface area contributed by atoms with Crippen molar-refractivity contribution in [2.45, 2.75) is 52.2 Å². The van der Waals surface area contributed by atoms with Gasteiger partial charge in [0, 0.05) is 24.7 Å². The lowest BCUT2D eigenvalue weighted by molar-refractivity contribution is -0.131. The number of likely N-dealkylation sites (tertiary alicyclic amines) is 1. The van der Waals surface area contributed by atoms with E-state index in [0.29, 0.717) is 31.5 Å². The lowest BCUT2D eigenvalue weighted by Gasteiger charge is -2.32. The van der Waals surface area contributed by atoms with E-state index in [9.17, 15) is 14.4 Å². The van der Waals surface area contributed by atoms with Gasteiger partial charge in [-0.3, -0.25) is 9.59 Å². The third kappa shape index (κ3) is 7.17. The SMILES string of the molecule is C=C(C)C(=O)NC1CCN(C(=O)CNC(=O)OC(C)(C)C)CC1. The number of nitrogens with zero attached hydrogens (tertiary/aromatic N) is 1. The number of amides is 3. The highest BCUT2D eigenvalue weighted by Gasteiger charge is 2.24. The second kappa shape index (κ2) is 7.99. The highest BCUT2D eigenvalue weighted by atomic mass is 16.6. The van der Waals surface area contributed by atoms with Crippen molar-refractivity contribution in [1.29, 1.82) is 0 Å². The van der Waals surface area contributed by atoms with E-state index in [1.54, 1.807) is 32.6 Å². The highest BCUT2D eigenvalue weighted by Crippen LogP contribution is 2.11. The van der Waals surface area contributed by atoms with Crippen molar-refractivity contribution in [3.8, 4) is 0 Å². The van der Waals surface area contributed by atoms with E-state index >= 15 is 0 Å². The molecular weight excluding hydrogens is 298 g/mol. The second-order valence-corrected chi connectivity index (χ2v) is 6.76. The zero-order chi connectivity index (χ0) is 17.6. The fourth-order valence-corrected chi connectivity index (χ4v) is 2.16. The van der Waals surface area contributed by atoms with Gasteiger partial charge in [-0.05, 0) is 40.5 Å². The van der Waals surface area contributed by atoms with Gasteiger partial charge in [-0.1, -0.05) is 6.58 Å². The first kappa shape index (κ1) is 19.0. The monoisotopic (exact) mass is 325 g/mol. The summed E-state index contributed by atoms with van der Waals surface area (Å²) in [6.45, 7) is 11.6. The number of carbonyl (C=O) groups is 3. The first-order valence-corrected chi connectivity index (χ1v) is 7.79. The molecule has 0 atom stereocenters. The Kier molecular flexibility index (Phi) is 6.60. The Labute approximate surface area is 137 Å². The van der Waals surface area contributed by atoms with Crippen LogP contribution in [0.4, 0.5) is 4.79 Å². The third-order valence-corrected chi connectivity index (χ3v) is 3.35. The molecule has 1 rings (SSSR count). The molecule has 1 aliphatic heterocycles. The third-order valence-electron chi connectivity index (χ3n) is 3.35.